The van der Waals surface area contributed by atoms with E-state index in [4.69, 9.17) is 5.26 Å². The van der Waals surface area contributed by atoms with Crippen LogP contribution in [0.25, 0.3) is 0 Å². The number of thioether (sulfide) groups is 1. The van der Waals surface area contributed by atoms with Crippen molar-refractivity contribution in [3.8, 4) is 6.07 Å². The number of hydrogen-bond donors (Lipinski definition) is 1. The number of rotatable bonds is 5. The molecule has 7 heteroatoms. The third-order valence-electron chi connectivity index (χ3n) is 2.23. The predicted molar refractivity (Wildman–Crippen MR) is 70.1 cm³/mol. The Kier molecular flexibility index (Phi) is 5.65. The number of amides is 1. The van der Waals surface area contributed by atoms with E-state index < -0.39 is 17.3 Å². The molecular formula is C13H11F3N2OS. The molecule has 1 aromatic rings. The summed E-state index contributed by atoms with van der Waals surface area (Å²) in [4.78, 5) is 11.6. The topological polar surface area (TPSA) is 52.9 Å². The maximum absolute atomic E-state index is 12.7. The molecule has 0 aliphatic heterocycles. The van der Waals surface area contributed by atoms with E-state index in [2.05, 4.69) is 11.9 Å². The number of hydrogen-bond acceptors (Lipinski definition) is 3. The van der Waals surface area contributed by atoms with Gasteiger partial charge >= 0.3 is 6.18 Å². The van der Waals surface area contributed by atoms with Crippen molar-refractivity contribution in [3.05, 3.63) is 42.0 Å². The first kappa shape index (κ1) is 16.1. The van der Waals surface area contributed by atoms with Crippen molar-refractivity contribution in [3.63, 3.8) is 0 Å². The quantitative estimate of drug-likeness (QED) is 0.672. The summed E-state index contributed by atoms with van der Waals surface area (Å²) in [6.07, 6.45) is -3.08. The van der Waals surface area contributed by atoms with E-state index in [0.717, 1.165) is 23.9 Å². The highest BCUT2D eigenvalue weighted by Gasteiger charge is 2.33. The van der Waals surface area contributed by atoms with Gasteiger partial charge in [-0.25, -0.2) is 0 Å². The van der Waals surface area contributed by atoms with Crippen LogP contribution in [-0.4, -0.2) is 18.2 Å². The zero-order valence-electron chi connectivity index (χ0n) is 10.3. The largest absolute Gasteiger partial charge is 0.417 e. The molecule has 3 nitrogen and oxygen atoms in total. The highest BCUT2D eigenvalue weighted by molar-refractivity contribution is 8.00. The zero-order chi connectivity index (χ0) is 15.2. The van der Waals surface area contributed by atoms with Crippen LogP contribution in [0.1, 0.15) is 11.1 Å². The van der Waals surface area contributed by atoms with Crippen molar-refractivity contribution in [1.29, 1.82) is 5.26 Å². The standard InChI is InChI=1S/C13H11F3N2OS/c1-2-5-18-12(19)8-20-10-4-3-9(7-17)11(6-10)13(14,15)16/h2-4,6H,1,5,8H2,(H,18,19). The van der Waals surface area contributed by atoms with Gasteiger partial charge in [-0.15, -0.1) is 18.3 Å². The Labute approximate surface area is 118 Å². The number of alkyl halides is 3. The van der Waals surface area contributed by atoms with Crippen LogP contribution in [0.3, 0.4) is 0 Å². The number of nitriles is 1. The van der Waals surface area contributed by atoms with Crippen molar-refractivity contribution in [2.24, 2.45) is 0 Å². The van der Waals surface area contributed by atoms with Gasteiger partial charge in [0.05, 0.1) is 22.9 Å². The number of nitrogens with zero attached hydrogens (tertiary/aromatic N) is 1. The highest BCUT2D eigenvalue weighted by Crippen LogP contribution is 2.34. The van der Waals surface area contributed by atoms with Crippen molar-refractivity contribution in [1.82, 2.24) is 5.32 Å². The summed E-state index contributed by atoms with van der Waals surface area (Å²) in [5, 5.41) is 11.2. The molecule has 20 heavy (non-hydrogen) atoms. The Bertz CT molecular complexity index is 550. The Hall–Kier alpha value is -1.94. The number of carbonyl (C=O) groups is 1. The third-order valence-corrected chi connectivity index (χ3v) is 3.22. The summed E-state index contributed by atoms with van der Waals surface area (Å²) >= 11 is 0.973. The number of nitrogens with one attached hydrogen (secondary N) is 1. The van der Waals surface area contributed by atoms with Gasteiger partial charge in [-0.05, 0) is 18.2 Å². The molecule has 0 saturated carbocycles. The van der Waals surface area contributed by atoms with Crippen LogP contribution in [0.2, 0.25) is 0 Å². The lowest BCUT2D eigenvalue weighted by Gasteiger charge is -2.10. The van der Waals surface area contributed by atoms with E-state index in [9.17, 15) is 18.0 Å². The van der Waals surface area contributed by atoms with Crippen LogP contribution < -0.4 is 5.32 Å². The molecule has 1 amide bonds. The van der Waals surface area contributed by atoms with Gasteiger partial charge in [-0.2, -0.15) is 18.4 Å². The van der Waals surface area contributed by atoms with Gasteiger partial charge in [-0.3, -0.25) is 4.79 Å². The molecule has 1 N–H and O–H groups in total. The molecule has 0 fully saturated rings. The Morgan fingerprint density at radius 3 is 2.75 bits per heavy atom. The van der Waals surface area contributed by atoms with Crippen LogP contribution in [0.4, 0.5) is 13.2 Å². The second-order valence-electron chi connectivity index (χ2n) is 3.70. The van der Waals surface area contributed by atoms with Crippen molar-refractivity contribution in [2.75, 3.05) is 12.3 Å². The molecule has 0 radical (unpaired) electrons. The second kappa shape index (κ2) is 7.01. The molecule has 0 bridgehead atoms. The Morgan fingerprint density at radius 2 is 2.20 bits per heavy atom. The van der Waals surface area contributed by atoms with Gasteiger partial charge in [0.25, 0.3) is 0 Å². The molecule has 0 heterocycles. The molecule has 1 aromatic carbocycles. The lowest BCUT2D eigenvalue weighted by molar-refractivity contribution is -0.137. The van der Waals surface area contributed by atoms with E-state index in [-0.39, 0.29) is 16.6 Å². The summed E-state index contributed by atoms with van der Waals surface area (Å²) in [5.41, 5.74) is -1.42. The minimum Gasteiger partial charge on any atom is -0.352 e. The van der Waals surface area contributed by atoms with Crippen molar-refractivity contribution >= 4 is 17.7 Å². The highest BCUT2D eigenvalue weighted by atomic mass is 32.2. The van der Waals surface area contributed by atoms with Gasteiger partial charge < -0.3 is 5.32 Å². The molecule has 0 aromatic heterocycles. The fraction of sp³-hybridized carbons (Fsp3) is 0.231. The summed E-state index contributed by atoms with van der Waals surface area (Å²) in [6, 6.07) is 4.87. The summed E-state index contributed by atoms with van der Waals surface area (Å²) in [7, 11) is 0. The molecular weight excluding hydrogens is 289 g/mol. The van der Waals surface area contributed by atoms with Gasteiger partial charge in [0.15, 0.2) is 0 Å². The molecule has 0 spiro atoms. The van der Waals surface area contributed by atoms with Gasteiger partial charge in [-0.1, -0.05) is 6.08 Å². The first-order chi connectivity index (χ1) is 9.38. The first-order valence-electron chi connectivity index (χ1n) is 5.50. The number of halogens is 3. The van der Waals surface area contributed by atoms with Crippen molar-refractivity contribution < 1.29 is 18.0 Å². The van der Waals surface area contributed by atoms with E-state index in [1.54, 1.807) is 0 Å². The van der Waals surface area contributed by atoms with E-state index in [1.807, 2.05) is 0 Å². The summed E-state index contributed by atoms with van der Waals surface area (Å²) in [6.45, 7) is 3.74. The molecule has 0 aliphatic carbocycles. The van der Waals surface area contributed by atoms with E-state index in [0.29, 0.717) is 6.54 Å². The minimum absolute atomic E-state index is 0.00294. The minimum atomic E-state index is -4.59. The van der Waals surface area contributed by atoms with Crippen LogP contribution in [0, 0.1) is 11.3 Å². The lowest BCUT2D eigenvalue weighted by Crippen LogP contribution is -2.24. The SMILES string of the molecule is C=CCNC(=O)CSc1ccc(C#N)c(C(F)(F)F)c1. The molecule has 106 valence electrons. The fourth-order valence-electron chi connectivity index (χ4n) is 1.33. The zero-order valence-corrected chi connectivity index (χ0v) is 11.1. The third kappa shape index (κ3) is 4.63. The maximum atomic E-state index is 12.7. The van der Waals surface area contributed by atoms with Gasteiger partial charge in [0.1, 0.15) is 0 Å². The average molecular weight is 300 g/mol. The molecule has 0 unspecified atom stereocenters. The lowest BCUT2D eigenvalue weighted by atomic mass is 10.1. The van der Waals surface area contributed by atoms with E-state index >= 15 is 0 Å². The maximum Gasteiger partial charge on any atom is 0.417 e. The monoisotopic (exact) mass is 300 g/mol. The number of benzene rings is 1. The predicted octanol–water partition coefficient (Wildman–Crippen LogP) is 2.97. The molecule has 0 aliphatic rings. The molecule has 0 saturated heterocycles. The van der Waals surface area contributed by atoms with E-state index in [1.165, 1.54) is 18.2 Å². The summed E-state index contributed by atoms with van der Waals surface area (Å²) < 4.78 is 38.2. The van der Waals surface area contributed by atoms with Crippen LogP contribution in [-0.2, 0) is 11.0 Å². The summed E-state index contributed by atoms with van der Waals surface area (Å²) in [5.74, 6) is -0.301. The molecule has 0 atom stereocenters. The normalized spacial score (nSPS) is 10.7. The van der Waals surface area contributed by atoms with Crippen molar-refractivity contribution in [2.45, 2.75) is 11.1 Å². The second-order valence-corrected chi connectivity index (χ2v) is 4.75. The fourth-order valence-corrected chi connectivity index (χ4v) is 2.10. The Balaban J connectivity index is 2.81. The van der Waals surface area contributed by atoms with Crippen LogP contribution in [0.5, 0.6) is 0 Å². The first-order valence-corrected chi connectivity index (χ1v) is 6.48. The smallest absolute Gasteiger partial charge is 0.352 e. The van der Waals surface area contributed by atoms with Crippen LogP contribution >= 0.6 is 11.8 Å². The van der Waals surface area contributed by atoms with Crippen LogP contribution in [0.15, 0.2) is 35.7 Å². The number of carbonyl (C=O) groups excluding carboxylic acids is 1. The van der Waals surface area contributed by atoms with Gasteiger partial charge in [0.2, 0.25) is 5.91 Å². The Morgan fingerprint density at radius 1 is 1.50 bits per heavy atom. The molecule has 1 rings (SSSR count). The van der Waals surface area contributed by atoms with Gasteiger partial charge in [0, 0.05) is 11.4 Å². The average Bonchev–Trinajstić information content (AvgIpc) is 2.41.